The molecule has 0 aliphatic heterocycles. The number of carbonyl (C=O) groups excluding carboxylic acids is 1. The Morgan fingerprint density at radius 3 is 2.81 bits per heavy atom. The average Bonchev–Trinajstić information content (AvgIpc) is 3.02. The van der Waals surface area contributed by atoms with Crippen LogP contribution in [0.1, 0.15) is 5.56 Å². The predicted molar refractivity (Wildman–Crippen MR) is 112 cm³/mol. The van der Waals surface area contributed by atoms with E-state index >= 15 is 0 Å². The first kappa shape index (κ1) is 19.6. The summed E-state index contributed by atoms with van der Waals surface area (Å²) < 4.78 is 2.82. The molecule has 0 atom stereocenters. The Morgan fingerprint density at radius 1 is 1.30 bits per heavy atom. The summed E-state index contributed by atoms with van der Waals surface area (Å²) in [5.41, 5.74) is 4.27. The topological polar surface area (TPSA) is 72.2 Å². The maximum Gasteiger partial charge on any atom is 0.250 e. The number of amides is 1. The summed E-state index contributed by atoms with van der Waals surface area (Å²) in [4.78, 5) is 12.0. The van der Waals surface area contributed by atoms with Gasteiger partial charge in [-0.15, -0.1) is 10.2 Å². The summed E-state index contributed by atoms with van der Waals surface area (Å²) in [5, 5.41) is 13.5. The first-order valence-electron chi connectivity index (χ1n) is 7.88. The Bertz CT molecular complexity index is 974. The molecule has 138 valence electrons. The Hall–Kier alpha value is -2.16. The molecular weight excluding hydrogens is 450 g/mol. The molecule has 1 N–H and O–H groups in total. The minimum atomic E-state index is -0.222. The number of nitrogens with one attached hydrogen (secondary N) is 1. The number of rotatable bonds is 6. The zero-order valence-corrected chi connectivity index (χ0v) is 17.4. The Kier molecular flexibility index (Phi) is 6.65. The summed E-state index contributed by atoms with van der Waals surface area (Å²) >= 11 is 10.7. The smallest absolute Gasteiger partial charge is 0.250 e. The maximum absolute atomic E-state index is 12.0. The molecule has 1 aromatic heterocycles. The molecule has 0 radical (unpaired) electrons. The highest BCUT2D eigenvalue weighted by Gasteiger charge is 2.13. The molecule has 0 saturated carbocycles. The third kappa shape index (κ3) is 5.41. The highest BCUT2D eigenvalue weighted by molar-refractivity contribution is 9.10. The first-order chi connectivity index (χ1) is 13.0. The van der Waals surface area contributed by atoms with Crippen molar-refractivity contribution in [1.29, 1.82) is 0 Å². The minimum absolute atomic E-state index is 0.180. The summed E-state index contributed by atoms with van der Waals surface area (Å²) in [6, 6.07) is 15.0. The van der Waals surface area contributed by atoms with Gasteiger partial charge in [0.2, 0.25) is 0 Å². The Labute approximate surface area is 174 Å². The van der Waals surface area contributed by atoms with Crippen LogP contribution in [0.2, 0.25) is 5.02 Å². The molecule has 0 aliphatic rings. The van der Waals surface area contributed by atoms with E-state index in [9.17, 15) is 4.79 Å². The minimum Gasteiger partial charge on any atom is -0.305 e. The highest BCUT2D eigenvalue weighted by Crippen LogP contribution is 2.24. The molecule has 6 nitrogen and oxygen atoms in total. The van der Waals surface area contributed by atoms with Crippen LogP contribution in [0.15, 0.2) is 63.3 Å². The molecule has 0 aliphatic carbocycles. The number of carbonyl (C=O) groups is 1. The van der Waals surface area contributed by atoms with Crippen LogP contribution in [0.4, 0.5) is 0 Å². The van der Waals surface area contributed by atoms with Crippen molar-refractivity contribution in [2.75, 3.05) is 5.75 Å². The van der Waals surface area contributed by atoms with Crippen LogP contribution in [0.3, 0.4) is 0 Å². The maximum atomic E-state index is 12.0. The first-order valence-corrected chi connectivity index (χ1v) is 10.0. The monoisotopic (exact) mass is 463 g/mol. The van der Waals surface area contributed by atoms with E-state index < -0.39 is 0 Å². The van der Waals surface area contributed by atoms with Gasteiger partial charge in [0.25, 0.3) is 5.91 Å². The van der Waals surface area contributed by atoms with Crippen LogP contribution in [0.5, 0.6) is 0 Å². The van der Waals surface area contributed by atoms with Crippen LogP contribution in [-0.2, 0) is 11.8 Å². The standard InChI is InChI=1S/C18H15BrClN5OS/c1-25-17(13-3-2-4-15(20)9-13)23-24-18(25)27-11-16(26)22-21-10-12-5-7-14(19)8-6-12/h2-10H,11H2,1H3,(H,22,26)/b21-10-. The van der Waals surface area contributed by atoms with Gasteiger partial charge < -0.3 is 4.57 Å². The van der Waals surface area contributed by atoms with Gasteiger partial charge in [-0.25, -0.2) is 5.43 Å². The number of aromatic nitrogens is 3. The summed E-state index contributed by atoms with van der Waals surface area (Å²) in [6.45, 7) is 0. The van der Waals surface area contributed by atoms with E-state index in [1.165, 1.54) is 11.8 Å². The second-order valence-corrected chi connectivity index (χ2v) is 7.80. The van der Waals surface area contributed by atoms with Gasteiger partial charge in [0.15, 0.2) is 11.0 Å². The van der Waals surface area contributed by atoms with E-state index in [2.05, 4.69) is 36.7 Å². The number of hydrogen-bond donors (Lipinski definition) is 1. The molecule has 9 heteroatoms. The number of hydrazone groups is 1. The van der Waals surface area contributed by atoms with Gasteiger partial charge in [-0.2, -0.15) is 5.10 Å². The summed E-state index contributed by atoms with van der Waals surface area (Å²) in [6.07, 6.45) is 1.59. The highest BCUT2D eigenvalue weighted by atomic mass is 79.9. The van der Waals surface area contributed by atoms with E-state index in [-0.39, 0.29) is 11.7 Å². The molecule has 0 saturated heterocycles. The fraction of sp³-hybridized carbons (Fsp3) is 0.111. The number of nitrogens with zero attached hydrogens (tertiary/aromatic N) is 4. The molecule has 0 spiro atoms. The molecule has 1 amide bonds. The summed E-state index contributed by atoms with van der Waals surface area (Å²) in [5.74, 6) is 0.647. The third-order valence-corrected chi connectivity index (χ3v) is 5.31. The van der Waals surface area contributed by atoms with Crippen molar-refractivity contribution < 1.29 is 4.79 Å². The number of hydrogen-bond acceptors (Lipinski definition) is 5. The van der Waals surface area contributed by atoms with Crippen molar-refractivity contribution >= 4 is 51.4 Å². The van der Waals surface area contributed by atoms with Crippen molar-refractivity contribution in [3.63, 3.8) is 0 Å². The van der Waals surface area contributed by atoms with Crippen molar-refractivity contribution in [3.8, 4) is 11.4 Å². The zero-order chi connectivity index (χ0) is 19.2. The van der Waals surface area contributed by atoms with Gasteiger partial charge in [0.1, 0.15) is 0 Å². The fourth-order valence-electron chi connectivity index (χ4n) is 2.21. The van der Waals surface area contributed by atoms with Crippen LogP contribution < -0.4 is 5.43 Å². The van der Waals surface area contributed by atoms with Gasteiger partial charge in [0.05, 0.1) is 12.0 Å². The lowest BCUT2D eigenvalue weighted by Gasteiger charge is -2.04. The normalized spacial score (nSPS) is 11.1. The average molecular weight is 465 g/mol. The zero-order valence-electron chi connectivity index (χ0n) is 14.3. The van der Waals surface area contributed by atoms with Crippen molar-refractivity contribution in [3.05, 3.63) is 63.6 Å². The van der Waals surface area contributed by atoms with Gasteiger partial charge >= 0.3 is 0 Å². The molecule has 0 unspecified atom stereocenters. The molecule has 3 rings (SSSR count). The van der Waals surface area contributed by atoms with E-state index in [0.717, 1.165) is 15.6 Å². The number of benzene rings is 2. The summed E-state index contributed by atoms with van der Waals surface area (Å²) in [7, 11) is 1.85. The van der Waals surface area contributed by atoms with Gasteiger partial charge in [-0.05, 0) is 29.8 Å². The van der Waals surface area contributed by atoms with Crippen molar-refractivity contribution in [2.45, 2.75) is 5.16 Å². The Morgan fingerprint density at radius 2 is 2.07 bits per heavy atom. The van der Waals surface area contributed by atoms with Crippen LogP contribution in [0.25, 0.3) is 11.4 Å². The van der Waals surface area contributed by atoms with E-state index in [4.69, 9.17) is 11.6 Å². The lowest BCUT2D eigenvalue weighted by Crippen LogP contribution is -2.19. The lowest BCUT2D eigenvalue weighted by atomic mass is 10.2. The number of thioether (sulfide) groups is 1. The third-order valence-electron chi connectivity index (χ3n) is 3.52. The molecule has 0 fully saturated rings. The van der Waals surface area contributed by atoms with Crippen LogP contribution in [0, 0.1) is 0 Å². The molecular formula is C18H15BrClN5OS. The van der Waals surface area contributed by atoms with Gasteiger partial charge in [0, 0.05) is 22.1 Å². The van der Waals surface area contributed by atoms with Crippen molar-refractivity contribution in [1.82, 2.24) is 20.2 Å². The molecule has 2 aromatic carbocycles. The van der Waals surface area contributed by atoms with Crippen molar-refractivity contribution in [2.24, 2.45) is 12.1 Å². The second-order valence-electron chi connectivity index (χ2n) is 5.51. The van der Waals surface area contributed by atoms with E-state index in [0.29, 0.717) is 16.0 Å². The lowest BCUT2D eigenvalue weighted by molar-refractivity contribution is -0.118. The predicted octanol–water partition coefficient (Wildman–Crippen LogP) is 4.14. The molecule has 27 heavy (non-hydrogen) atoms. The van der Waals surface area contributed by atoms with Crippen LogP contribution in [-0.4, -0.2) is 32.6 Å². The number of halogens is 2. The molecule has 3 aromatic rings. The largest absolute Gasteiger partial charge is 0.305 e. The quantitative estimate of drug-likeness (QED) is 0.338. The van der Waals surface area contributed by atoms with Gasteiger partial charge in [-0.1, -0.05) is 63.6 Å². The van der Waals surface area contributed by atoms with E-state index in [1.54, 1.807) is 12.3 Å². The van der Waals surface area contributed by atoms with Gasteiger partial charge in [-0.3, -0.25) is 4.79 Å². The molecule has 0 bridgehead atoms. The Balaban J connectivity index is 1.55. The fourth-order valence-corrected chi connectivity index (χ4v) is 3.37. The van der Waals surface area contributed by atoms with Crippen LogP contribution >= 0.6 is 39.3 Å². The molecule has 1 heterocycles. The SMILES string of the molecule is Cn1c(SCC(=O)N/N=C\c2ccc(Br)cc2)nnc1-c1cccc(Cl)c1. The second kappa shape index (κ2) is 9.16. The van der Waals surface area contributed by atoms with E-state index in [1.807, 2.05) is 54.1 Å².